The van der Waals surface area contributed by atoms with Gasteiger partial charge in [0.05, 0.1) is 22.7 Å². The van der Waals surface area contributed by atoms with Gasteiger partial charge in [0, 0.05) is 6.42 Å². The SMILES string of the molecule is COc1c(Br)cc(CC2(O)CC2)cc1C(F)(F)F. The summed E-state index contributed by atoms with van der Waals surface area (Å²) in [5.41, 5.74) is -1.19. The topological polar surface area (TPSA) is 29.5 Å². The Morgan fingerprint density at radius 1 is 1.39 bits per heavy atom. The maximum atomic E-state index is 12.9. The van der Waals surface area contributed by atoms with Crippen molar-refractivity contribution < 1.29 is 23.0 Å². The minimum Gasteiger partial charge on any atom is -0.495 e. The van der Waals surface area contributed by atoms with Crippen LogP contribution in [0.15, 0.2) is 16.6 Å². The number of hydrogen-bond acceptors (Lipinski definition) is 2. The molecule has 0 unspecified atom stereocenters. The first kappa shape index (κ1) is 13.7. The molecule has 1 N–H and O–H groups in total. The van der Waals surface area contributed by atoms with Crippen LogP contribution < -0.4 is 4.74 Å². The van der Waals surface area contributed by atoms with E-state index in [1.165, 1.54) is 7.11 Å². The number of ether oxygens (including phenoxy) is 1. The molecule has 1 aliphatic rings. The molecule has 0 saturated heterocycles. The van der Waals surface area contributed by atoms with Gasteiger partial charge in [-0.15, -0.1) is 0 Å². The summed E-state index contributed by atoms with van der Waals surface area (Å²) in [5.74, 6) is -0.228. The van der Waals surface area contributed by atoms with Gasteiger partial charge in [-0.05, 0) is 46.5 Å². The third-order valence-corrected chi connectivity index (χ3v) is 3.56. The fourth-order valence-electron chi connectivity index (χ4n) is 1.87. The van der Waals surface area contributed by atoms with Crippen LogP contribution in [0.5, 0.6) is 5.75 Å². The molecular formula is C12H12BrF3O2. The van der Waals surface area contributed by atoms with Crippen LogP contribution in [-0.2, 0) is 12.6 Å². The summed E-state index contributed by atoms with van der Waals surface area (Å²) in [4.78, 5) is 0. The van der Waals surface area contributed by atoms with Gasteiger partial charge in [0.2, 0.25) is 0 Å². The summed E-state index contributed by atoms with van der Waals surface area (Å²) in [5, 5.41) is 9.77. The average Bonchev–Trinajstić information content (AvgIpc) is 2.94. The molecule has 0 heterocycles. The number of benzene rings is 1. The van der Waals surface area contributed by atoms with E-state index in [9.17, 15) is 18.3 Å². The second-order valence-electron chi connectivity index (χ2n) is 4.56. The predicted octanol–water partition coefficient (Wildman–Crippen LogP) is 3.54. The van der Waals surface area contributed by atoms with Crippen LogP contribution in [0.25, 0.3) is 0 Å². The lowest BCUT2D eigenvalue weighted by molar-refractivity contribution is -0.138. The van der Waals surface area contributed by atoms with E-state index in [0.29, 0.717) is 18.4 Å². The molecule has 100 valence electrons. The van der Waals surface area contributed by atoms with E-state index < -0.39 is 17.3 Å². The molecule has 2 rings (SSSR count). The Morgan fingerprint density at radius 2 is 2.00 bits per heavy atom. The van der Waals surface area contributed by atoms with Gasteiger partial charge in [0.15, 0.2) is 0 Å². The van der Waals surface area contributed by atoms with Crippen molar-refractivity contribution in [2.75, 3.05) is 7.11 Å². The highest BCUT2D eigenvalue weighted by Crippen LogP contribution is 2.44. The van der Waals surface area contributed by atoms with Crippen LogP contribution in [0.2, 0.25) is 0 Å². The lowest BCUT2D eigenvalue weighted by Crippen LogP contribution is -2.13. The molecule has 1 aliphatic carbocycles. The normalized spacial score (nSPS) is 17.7. The van der Waals surface area contributed by atoms with E-state index >= 15 is 0 Å². The third-order valence-electron chi connectivity index (χ3n) is 2.97. The number of aliphatic hydroxyl groups is 1. The van der Waals surface area contributed by atoms with Crippen LogP contribution in [0.3, 0.4) is 0 Å². The molecule has 0 spiro atoms. The van der Waals surface area contributed by atoms with E-state index in [-0.39, 0.29) is 16.6 Å². The highest BCUT2D eigenvalue weighted by molar-refractivity contribution is 9.10. The van der Waals surface area contributed by atoms with Crippen LogP contribution in [0.4, 0.5) is 13.2 Å². The predicted molar refractivity (Wildman–Crippen MR) is 63.6 cm³/mol. The van der Waals surface area contributed by atoms with E-state index in [0.717, 1.165) is 6.07 Å². The van der Waals surface area contributed by atoms with Gasteiger partial charge in [-0.25, -0.2) is 0 Å². The van der Waals surface area contributed by atoms with Gasteiger partial charge in [-0.2, -0.15) is 13.2 Å². The molecule has 0 bridgehead atoms. The molecule has 0 aliphatic heterocycles. The molecule has 0 amide bonds. The van der Waals surface area contributed by atoms with Gasteiger partial charge in [0.1, 0.15) is 5.75 Å². The zero-order valence-electron chi connectivity index (χ0n) is 9.64. The van der Waals surface area contributed by atoms with Crippen LogP contribution in [0, 0.1) is 0 Å². The molecule has 1 aromatic carbocycles. The highest BCUT2D eigenvalue weighted by Gasteiger charge is 2.41. The largest absolute Gasteiger partial charge is 0.495 e. The maximum absolute atomic E-state index is 12.9. The van der Waals surface area contributed by atoms with Crippen molar-refractivity contribution in [3.05, 3.63) is 27.7 Å². The Labute approximate surface area is 111 Å². The van der Waals surface area contributed by atoms with E-state index in [1.54, 1.807) is 6.07 Å². The van der Waals surface area contributed by atoms with Crippen molar-refractivity contribution in [3.8, 4) is 5.75 Å². The summed E-state index contributed by atoms with van der Waals surface area (Å²) in [6.07, 6.45) is -2.97. The lowest BCUT2D eigenvalue weighted by atomic mass is 10.0. The zero-order valence-corrected chi connectivity index (χ0v) is 11.2. The Morgan fingerprint density at radius 3 is 2.44 bits per heavy atom. The fourth-order valence-corrected chi connectivity index (χ4v) is 2.54. The zero-order chi connectivity index (χ0) is 13.6. The van der Waals surface area contributed by atoms with E-state index in [1.807, 2.05) is 0 Å². The van der Waals surface area contributed by atoms with Crippen molar-refractivity contribution in [2.24, 2.45) is 0 Å². The summed E-state index contributed by atoms with van der Waals surface area (Å²) in [7, 11) is 1.20. The molecule has 6 heteroatoms. The second-order valence-corrected chi connectivity index (χ2v) is 5.41. The lowest BCUT2D eigenvalue weighted by Gasteiger charge is -2.16. The van der Waals surface area contributed by atoms with Gasteiger partial charge in [-0.1, -0.05) is 0 Å². The number of alkyl halides is 3. The van der Waals surface area contributed by atoms with Crippen molar-refractivity contribution in [1.82, 2.24) is 0 Å². The summed E-state index contributed by atoms with van der Waals surface area (Å²) < 4.78 is 43.7. The quantitative estimate of drug-likeness (QED) is 0.921. The smallest absolute Gasteiger partial charge is 0.420 e. The highest BCUT2D eigenvalue weighted by atomic mass is 79.9. The number of halogens is 4. The van der Waals surface area contributed by atoms with Crippen LogP contribution in [0.1, 0.15) is 24.0 Å². The van der Waals surface area contributed by atoms with Gasteiger partial charge in [0.25, 0.3) is 0 Å². The summed E-state index contributed by atoms with van der Waals surface area (Å²) in [6.45, 7) is 0. The van der Waals surface area contributed by atoms with Crippen molar-refractivity contribution in [2.45, 2.75) is 31.0 Å². The molecule has 1 aromatic rings. The Kier molecular flexibility index (Phi) is 3.36. The minimum absolute atomic E-state index is 0.228. The Hall–Kier alpha value is -0.750. The van der Waals surface area contributed by atoms with Crippen LogP contribution in [-0.4, -0.2) is 17.8 Å². The van der Waals surface area contributed by atoms with Crippen molar-refractivity contribution >= 4 is 15.9 Å². The second kappa shape index (κ2) is 4.42. The van der Waals surface area contributed by atoms with Crippen molar-refractivity contribution in [1.29, 1.82) is 0 Å². The number of rotatable bonds is 3. The first-order valence-corrected chi connectivity index (χ1v) is 6.20. The first-order valence-electron chi connectivity index (χ1n) is 5.41. The molecule has 0 radical (unpaired) electrons. The fraction of sp³-hybridized carbons (Fsp3) is 0.500. The van der Waals surface area contributed by atoms with Gasteiger partial charge >= 0.3 is 6.18 Å². The van der Waals surface area contributed by atoms with Gasteiger partial charge < -0.3 is 9.84 Å². The average molecular weight is 325 g/mol. The first-order chi connectivity index (χ1) is 8.25. The van der Waals surface area contributed by atoms with E-state index in [4.69, 9.17) is 4.74 Å². The Balaban J connectivity index is 2.42. The summed E-state index contributed by atoms with van der Waals surface area (Å²) >= 11 is 3.07. The monoisotopic (exact) mass is 324 g/mol. The maximum Gasteiger partial charge on any atom is 0.420 e. The minimum atomic E-state index is -4.48. The molecule has 2 nitrogen and oxygen atoms in total. The number of hydrogen-bond donors (Lipinski definition) is 1. The van der Waals surface area contributed by atoms with Gasteiger partial charge in [-0.3, -0.25) is 0 Å². The number of methoxy groups -OCH3 is 1. The van der Waals surface area contributed by atoms with Crippen LogP contribution >= 0.6 is 15.9 Å². The van der Waals surface area contributed by atoms with E-state index in [2.05, 4.69) is 15.9 Å². The summed E-state index contributed by atoms with van der Waals surface area (Å²) in [6, 6.07) is 2.60. The molecule has 18 heavy (non-hydrogen) atoms. The van der Waals surface area contributed by atoms with Crippen molar-refractivity contribution in [3.63, 3.8) is 0 Å². The third kappa shape index (κ3) is 2.80. The molecule has 0 atom stereocenters. The Bertz CT molecular complexity index is 467. The molecule has 1 saturated carbocycles. The standard InChI is InChI=1S/C12H12BrF3O2/c1-18-10-8(12(14,15)16)4-7(5-9(10)13)6-11(17)2-3-11/h4-5,17H,2-3,6H2,1H3. The molecule has 0 aromatic heterocycles. The molecular weight excluding hydrogens is 313 g/mol. The molecule has 1 fully saturated rings.